The first-order valence-corrected chi connectivity index (χ1v) is 6.87. The molecule has 1 aromatic rings. The largest absolute Gasteiger partial charge is 0.378 e. The molecule has 108 valence electrons. The molecule has 4 nitrogen and oxygen atoms in total. The zero-order chi connectivity index (χ0) is 13.8. The molecular formula is C14H23NO3S. The number of rotatable bonds is 11. The first kappa shape index (κ1) is 16.5. The molecule has 0 saturated heterocycles. The molecule has 0 heterocycles. The maximum absolute atomic E-state index is 5.42. The van der Waals surface area contributed by atoms with Gasteiger partial charge >= 0.3 is 0 Å². The van der Waals surface area contributed by atoms with E-state index in [-0.39, 0.29) is 0 Å². The van der Waals surface area contributed by atoms with Crippen LogP contribution in [0.1, 0.15) is 11.1 Å². The Morgan fingerprint density at radius 3 is 2.26 bits per heavy atom. The van der Waals surface area contributed by atoms with Gasteiger partial charge in [-0.2, -0.15) is 0 Å². The summed E-state index contributed by atoms with van der Waals surface area (Å²) in [6.45, 7) is 6.76. The second-order valence-corrected chi connectivity index (χ2v) is 4.48. The van der Waals surface area contributed by atoms with Crippen molar-refractivity contribution in [3.63, 3.8) is 0 Å². The van der Waals surface area contributed by atoms with E-state index in [4.69, 9.17) is 9.47 Å². The van der Waals surface area contributed by atoms with E-state index in [0.29, 0.717) is 33.0 Å². The van der Waals surface area contributed by atoms with Gasteiger partial charge in [0.2, 0.25) is 0 Å². The number of thiol groups is 1. The van der Waals surface area contributed by atoms with Crippen LogP contribution in [-0.2, 0) is 20.2 Å². The van der Waals surface area contributed by atoms with Gasteiger partial charge in [0.25, 0.3) is 0 Å². The summed E-state index contributed by atoms with van der Waals surface area (Å²) >= 11 is 3.62. The molecule has 5 heteroatoms. The van der Waals surface area contributed by atoms with Crippen LogP contribution in [0, 0.1) is 6.92 Å². The Morgan fingerprint density at radius 2 is 1.58 bits per heavy atom. The standard InChI is InChI=1S/C14H23NO3S/c1-13-2-4-14(5-3-13)12-15-6-7-16-8-9-17-10-11-18-19/h2-5,15,19H,6-12H2,1H3. The lowest BCUT2D eigenvalue weighted by molar-refractivity contribution is 0.0398. The minimum absolute atomic E-state index is 0.501. The summed E-state index contributed by atoms with van der Waals surface area (Å²) in [4.78, 5) is 0. The maximum atomic E-state index is 5.42. The minimum atomic E-state index is 0.501. The number of ether oxygens (including phenoxy) is 2. The van der Waals surface area contributed by atoms with Crippen LogP contribution in [0.5, 0.6) is 0 Å². The first-order valence-electron chi connectivity index (χ1n) is 6.51. The third-order valence-corrected chi connectivity index (χ3v) is 2.75. The molecule has 0 amide bonds. The second-order valence-electron chi connectivity index (χ2n) is 4.22. The van der Waals surface area contributed by atoms with Gasteiger partial charge in [-0.15, -0.1) is 0 Å². The van der Waals surface area contributed by atoms with E-state index in [1.807, 2.05) is 0 Å². The lowest BCUT2D eigenvalue weighted by Crippen LogP contribution is -2.20. The monoisotopic (exact) mass is 285 g/mol. The molecule has 19 heavy (non-hydrogen) atoms. The Hall–Kier alpha value is -0.590. The zero-order valence-corrected chi connectivity index (χ0v) is 12.3. The van der Waals surface area contributed by atoms with Gasteiger partial charge in [-0.05, 0) is 25.4 Å². The predicted octanol–water partition coefficient (Wildman–Crippen LogP) is 1.98. The third-order valence-electron chi connectivity index (χ3n) is 2.56. The van der Waals surface area contributed by atoms with Crippen molar-refractivity contribution in [3.8, 4) is 0 Å². The van der Waals surface area contributed by atoms with Crippen LogP contribution in [0.2, 0.25) is 0 Å². The summed E-state index contributed by atoms with van der Waals surface area (Å²) in [5, 5.41) is 3.34. The van der Waals surface area contributed by atoms with Crippen molar-refractivity contribution in [1.29, 1.82) is 0 Å². The van der Waals surface area contributed by atoms with E-state index >= 15 is 0 Å². The molecule has 0 radical (unpaired) electrons. The van der Waals surface area contributed by atoms with E-state index in [0.717, 1.165) is 13.1 Å². The van der Waals surface area contributed by atoms with Crippen molar-refractivity contribution in [2.75, 3.05) is 39.6 Å². The van der Waals surface area contributed by atoms with E-state index in [1.54, 1.807) is 0 Å². The molecule has 0 unspecified atom stereocenters. The fraction of sp³-hybridized carbons (Fsp3) is 0.571. The minimum Gasteiger partial charge on any atom is -0.378 e. The second kappa shape index (κ2) is 11.3. The summed E-state index contributed by atoms with van der Waals surface area (Å²) < 4.78 is 15.2. The summed E-state index contributed by atoms with van der Waals surface area (Å²) in [5.41, 5.74) is 2.58. The van der Waals surface area contributed by atoms with Crippen LogP contribution in [-0.4, -0.2) is 39.6 Å². The van der Waals surface area contributed by atoms with Gasteiger partial charge in [-0.3, -0.25) is 0 Å². The normalized spacial score (nSPS) is 10.8. The van der Waals surface area contributed by atoms with Gasteiger partial charge in [0.05, 0.1) is 33.0 Å². The molecule has 0 saturated carbocycles. The highest BCUT2D eigenvalue weighted by Crippen LogP contribution is 2.01. The van der Waals surface area contributed by atoms with E-state index in [9.17, 15) is 0 Å². The molecule has 1 aromatic carbocycles. The average molecular weight is 285 g/mol. The number of hydrogen-bond donors (Lipinski definition) is 2. The van der Waals surface area contributed by atoms with Crippen molar-refractivity contribution in [3.05, 3.63) is 35.4 Å². The summed E-state index contributed by atoms with van der Waals surface area (Å²) in [6, 6.07) is 8.53. The SMILES string of the molecule is Cc1ccc(CNCCOCCOCCOS)cc1. The van der Waals surface area contributed by atoms with Gasteiger partial charge < -0.3 is 19.0 Å². The Bertz CT molecular complexity index is 319. The number of nitrogens with one attached hydrogen (secondary N) is 1. The van der Waals surface area contributed by atoms with Crippen molar-refractivity contribution in [2.45, 2.75) is 13.5 Å². The molecule has 0 aliphatic rings. The number of aryl methyl sites for hydroxylation is 1. The molecule has 1 rings (SSSR count). The van der Waals surface area contributed by atoms with Crippen molar-refractivity contribution in [2.24, 2.45) is 0 Å². The van der Waals surface area contributed by atoms with Crippen LogP contribution >= 0.6 is 12.9 Å². The van der Waals surface area contributed by atoms with Crippen LogP contribution < -0.4 is 5.32 Å². The van der Waals surface area contributed by atoms with Crippen LogP contribution in [0.25, 0.3) is 0 Å². The lowest BCUT2D eigenvalue weighted by Gasteiger charge is -2.07. The smallest absolute Gasteiger partial charge is 0.0844 e. The van der Waals surface area contributed by atoms with E-state index in [2.05, 4.69) is 53.6 Å². The van der Waals surface area contributed by atoms with Gasteiger partial charge in [0, 0.05) is 13.1 Å². The van der Waals surface area contributed by atoms with Gasteiger partial charge in [0.1, 0.15) is 0 Å². The Kier molecular flexibility index (Phi) is 9.75. The summed E-state index contributed by atoms with van der Waals surface area (Å²) in [5.74, 6) is 0. The van der Waals surface area contributed by atoms with Crippen LogP contribution in [0.15, 0.2) is 24.3 Å². The maximum Gasteiger partial charge on any atom is 0.0844 e. The molecule has 0 atom stereocenters. The molecule has 0 aliphatic heterocycles. The fourth-order valence-electron chi connectivity index (χ4n) is 1.50. The third kappa shape index (κ3) is 9.02. The highest BCUT2D eigenvalue weighted by Gasteiger charge is 1.93. The highest BCUT2D eigenvalue weighted by molar-refractivity contribution is 7.75. The number of benzene rings is 1. The van der Waals surface area contributed by atoms with Crippen LogP contribution in [0.3, 0.4) is 0 Å². The fourth-order valence-corrected chi connectivity index (χ4v) is 1.58. The molecule has 0 aliphatic carbocycles. The van der Waals surface area contributed by atoms with Crippen molar-refractivity contribution < 1.29 is 13.7 Å². The van der Waals surface area contributed by atoms with Crippen molar-refractivity contribution >= 4 is 12.9 Å². The quantitative estimate of drug-likeness (QED) is 0.370. The predicted molar refractivity (Wildman–Crippen MR) is 79.5 cm³/mol. The molecular weight excluding hydrogens is 262 g/mol. The Balaban J connectivity index is 1.87. The Morgan fingerprint density at radius 1 is 0.947 bits per heavy atom. The first-order chi connectivity index (χ1) is 9.33. The number of hydrogen-bond acceptors (Lipinski definition) is 5. The lowest BCUT2D eigenvalue weighted by atomic mass is 10.1. The summed E-state index contributed by atoms with van der Waals surface area (Å²) in [7, 11) is 0. The Labute approximate surface area is 121 Å². The molecule has 0 fully saturated rings. The molecule has 1 N–H and O–H groups in total. The highest BCUT2D eigenvalue weighted by atomic mass is 32.1. The van der Waals surface area contributed by atoms with Crippen LogP contribution in [0.4, 0.5) is 0 Å². The van der Waals surface area contributed by atoms with E-state index in [1.165, 1.54) is 11.1 Å². The van der Waals surface area contributed by atoms with E-state index < -0.39 is 0 Å². The molecule has 0 aromatic heterocycles. The average Bonchev–Trinajstić information content (AvgIpc) is 2.43. The van der Waals surface area contributed by atoms with Crippen molar-refractivity contribution in [1.82, 2.24) is 5.32 Å². The van der Waals surface area contributed by atoms with Gasteiger partial charge in [-0.1, -0.05) is 29.8 Å². The van der Waals surface area contributed by atoms with Gasteiger partial charge in [-0.25, -0.2) is 0 Å². The molecule has 0 bridgehead atoms. The summed E-state index contributed by atoms with van der Waals surface area (Å²) in [6.07, 6.45) is 0. The topological polar surface area (TPSA) is 39.7 Å². The molecule has 0 spiro atoms. The van der Waals surface area contributed by atoms with Gasteiger partial charge in [0.15, 0.2) is 0 Å². The zero-order valence-electron chi connectivity index (χ0n) is 11.4.